The molecule has 24 heavy (non-hydrogen) atoms. The van der Waals surface area contributed by atoms with Gasteiger partial charge in [-0.25, -0.2) is 0 Å². The highest BCUT2D eigenvalue weighted by Crippen LogP contribution is 2.14. The van der Waals surface area contributed by atoms with Crippen LogP contribution in [0.2, 0.25) is 0 Å². The maximum absolute atomic E-state index is 11.9. The van der Waals surface area contributed by atoms with Crippen molar-refractivity contribution in [1.29, 1.82) is 0 Å². The molecule has 0 fully saturated rings. The first-order valence-corrected chi connectivity index (χ1v) is 7.94. The van der Waals surface area contributed by atoms with Crippen molar-refractivity contribution in [2.45, 2.75) is 26.2 Å². The fourth-order valence-electron chi connectivity index (χ4n) is 2.26. The predicted octanol–water partition coefficient (Wildman–Crippen LogP) is 3.28. The van der Waals surface area contributed by atoms with Gasteiger partial charge in [0, 0.05) is 17.7 Å². The van der Waals surface area contributed by atoms with Crippen LogP contribution in [-0.4, -0.2) is 18.4 Å². The summed E-state index contributed by atoms with van der Waals surface area (Å²) in [6, 6.07) is 14.5. The van der Waals surface area contributed by atoms with Crippen molar-refractivity contribution in [2.75, 3.05) is 11.9 Å². The van der Waals surface area contributed by atoms with Crippen molar-refractivity contribution >= 4 is 17.5 Å². The second-order valence-electron chi connectivity index (χ2n) is 5.62. The molecule has 0 saturated heterocycles. The molecule has 0 saturated carbocycles. The molecular formula is C19H22N2O3. The van der Waals surface area contributed by atoms with Crippen LogP contribution in [0.3, 0.4) is 0 Å². The molecule has 3 N–H and O–H groups in total. The average Bonchev–Trinajstić information content (AvgIpc) is 2.55. The number of amides is 2. The maximum Gasteiger partial charge on any atom is 0.248 e. The number of hydrogen-bond donors (Lipinski definition) is 2. The summed E-state index contributed by atoms with van der Waals surface area (Å²) in [6.45, 7) is 2.60. The molecule has 126 valence electrons. The number of primary amides is 1. The second-order valence-corrected chi connectivity index (χ2v) is 5.62. The Labute approximate surface area is 141 Å². The predicted molar refractivity (Wildman–Crippen MR) is 94.1 cm³/mol. The second kappa shape index (κ2) is 8.72. The largest absolute Gasteiger partial charge is 0.494 e. The van der Waals surface area contributed by atoms with Gasteiger partial charge in [-0.2, -0.15) is 0 Å². The molecule has 2 aromatic carbocycles. The Morgan fingerprint density at radius 3 is 2.62 bits per heavy atom. The molecule has 0 atom stereocenters. The van der Waals surface area contributed by atoms with E-state index in [4.69, 9.17) is 10.5 Å². The number of aryl methyl sites for hydroxylation is 1. The summed E-state index contributed by atoms with van der Waals surface area (Å²) in [7, 11) is 0. The normalized spacial score (nSPS) is 10.2. The first-order chi connectivity index (χ1) is 11.5. The maximum atomic E-state index is 11.9. The number of benzene rings is 2. The number of carbonyl (C=O) groups is 2. The molecule has 2 amide bonds. The van der Waals surface area contributed by atoms with Gasteiger partial charge in [-0.05, 0) is 55.7 Å². The first kappa shape index (κ1) is 17.5. The number of hydrogen-bond acceptors (Lipinski definition) is 3. The van der Waals surface area contributed by atoms with Gasteiger partial charge in [-0.3, -0.25) is 9.59 Å². The molecule has 0 bridgehead atoms. The minimum Gasteiger partial charge on any atom is -0.494 e. The van der Waals surface area contributed by atoms with Gasteiger partial charge in [-0.15, -0.1) is 0 Å². The molecule has 0 aliphatic carbocycles. The lowest BCUT2D eigenvalue weighted by atomic mass is 10.2. The molecule has 0 aliphatic rings. The van der Waals surface area contributed by atoms with E-state index in [-0.39, 0.29) is 5.91 Å². The van der Waals surface area contributed by atoms with E-state index in [1.165, 1.54) is 0 Å². The lowest BCUT2D eigenvalue weighted by molar-refractivity contribution is -0.116. The van der Waals surface area contributed by atoms with Gasteiger partial charge < -0.3 is 15.8 Å². The van der Waals surface area contributed by atoms with Gasteiger partial charge in [0.05, 0.1) is 6.61 Å². The molecule has 0 heterocycles. The Hall–Kier alpha value is -2.82. The number of nitrogens with two attached hydrogens (primary N) is 1. The van der Waals surface area contributed by atoms with Gasteiger partial charge in [-0.1, -0.05) is 18.2 Å². The van der Waals surface area contributed by atoms with Gasteiger partial charge in [0.2, 0.25) is 11.8 Å². The van der Waals surface area contributed by atoms with Crippen molar-refractivity contribution in [2.24, 2.45) is 5.73 Å². The Morgan fingerprint density at radius 2 is 1.88 bits per heavy atom. The number of ether oxygens (including phenoxy) is 1. The molecule has 0 aromatic heterocycles. The molecule has 0 spiro atoms. The first-order valence-electron chi connectivity index (χ1n) is 7.94. The van der Waals surface area contributed by atoms with Crippen molar-refractivity contribution in [1.82, 2.24) is 0 Å². The Bertz CT molecular complexity index is 713. The monoisotopic (exact) mass is 326 g/mol. The Morgan fingerprint density at radius 1 is 1.08 bits per heavy atom. The van der Waals surface area contributed by atoms with Crippen LogP contribution in [0.1, 0.15) is 35.2 Å². The van der Waals surface area contributed by atoms with Crippen molar-refractivity contribution in [3.05, 3.63) is 59.7 Å². The summed E-state index contributed by atoms with van der Waals surface area (Å²) in [4.78, 5) is 23.0. The number of anilines is 1. The summed E-state index contributed by atoms with van der Waals surface area (Å²) >= 11 is 0. The van der Waals surface area contributed by atoms with Crippen LogP contribution >= 0.6 is 0 Å². The minimum absolute atomic E-state index is 0.0906. The highest BCUT2D eigenvalue weighted by Gasteiger charge is 2.05. The smallest absolute Gasteiger partial charge is 0.248 e. The summed E-state index contributed by atoms with van der Waals surface area (Å²) in [5.41, 5.74) is 7.33. The minimum atomic E-state index is -0.514. The molecular weight excluding hydrogens is 304 g/mol. The summed E-state index contributed by atoms with van der Waals surface area (Å²) in [5, 5.41) is 2.77. The van der Waals surface area contributed by atoms with Crippen molar-refractivity contribution in [3.8, 4) is 5.75 Å². The van der Waals surface area contributed by atoms with Crippen molar-refractivity contribution in [3.63, 3.8) is 0 Å². The SMILES string of the molecule is Cc1cccc(OCCCCC(=O)Nc2cccc(C(N)=O)c2)c1. The van der Waals surface area contributed by atoms with E-state index >= 15 is 0 Å². The van der Waals surface area contributed by atoms with Crippen LogP contribution in [0.15, 0.2) is 48.5 Å². The topological polar surface area (TPSA) is 81.4 Å². The highest BCUT2D eigenvalue weighted by atomic mass is 16.5. The van der Waals surface area contributed by atoms with E-state index in [2.05, 4.69) is 5.32 Å². The highest BCUT2D eigenvalue weighted by molar-refractivity contribution is 5.96. The Balaban J connectivity index is 1.68. The third kappa shape index (κ3) is 5.76. The number of rotatable bonds is 8. The molecule has 2 rings (SSSR count). The van der Waals surface area contributed by atoms with Crippen LogP contribution < -0.4 is 15.8 Å². The molecule has 0 aliphatic heterocycles. The van der Waals surface area contributed by atoms with Crippen LogP contribution in [0.4, 0.5) is 5.69 Å². The van der Waals surface area contributed by atoms with Crippen LogP contribution in [-0.2, 0) is 4.79 Å². The van der Waals surface area contributed by atoms with Crippen LogP contribution in [0.5, 0.6) is 5.75 Å². The summed E-state index contributed by atoms with van der Waals surface area (Å²) in [5.74, 6) is 0.245. The zero-order valence-corrected chi connectivity index (χ0v) is 13.7. The lowest BCUT2D eigenvalue weighted by Crippen LogP contribution is -2.14. The number of unbranched alkanes of at least 4 members (excludes halogenated alkanes) is 1. The zero-order valence-electron chi connectivity index (χ0n) is 13.7. The third-order valence-electron chi connectivity index (χ3n) is 3.49. The summed E-state index contributed by atoms with van der Waals surface area (Å²) in [6.07, 6.45) is 1.92. The van der Waals surface area contributed by atoms with Gasteiger partial charge in [0.15, 0.2) is 0 Å². The average molecular weight is 326 g/mol. The van der Waals surface area contributed by atoms with Crippen LogP contribution in [0, 0.1) is 6.92 Å². The summed E-state index contributed by atoms with van der Waals surface area (Å²) < 4.78 is 5.65. The van der Waals surface area contributed by atoms with E-state index < -0.39 is 5.91 Å². The van der Waals surface area contributed by atoms with Gasteiger partial charge in [0.25, 0.3) is 0 Å². The van der Waals surface area contributed by atoms with E-state index in [0.717, 1.165) is 24.2 Å². The third-order valence-corrected chi connectivity index (χ3v) is 3.49. The van der Waals surface area contributed by atoms with E-state index in [1.54, 1.807) is 24.3 Å². The Kier molecular flexibility index (Phi) is 6.37. The lowest BCUT2D eigenvalue weighted by Gasteiger charge is -2.08. The van der Waals surface area contributed by atoms with Gasteiger partial charge >= 0.3 is 0 Å². The number of carbonyl (C=O) groups excluding carboxylic acids is 2. The fraction of sp³-hybridized carbons (Fsp3) is 0.263. The van der Waals surface area contributed by atoms with Crippen LogP contribution in [0.25, 0.3) is 0 Å². The molecule has 0 radical (unpaired) electrons. The van der Waals surface area contributed by atoms with E-state index in [0.29, 0.717) is 24.3 Å². The molecule has 5 heteroatoms. The standard InChI is InChI=1S/C19H22N2O3/c1-14-6-4-9-17(12-14)24-11-3-2-10-18(22)21-16-8-5-7-15(13-16)19(20)23/h4-9,12-13H,2-3,10-11H2,1H3,(H2,20,23)(H,21,22). The quantitative estimate of drug-likeness (QED) is 0.730. The van der Waals surface area contributed by atoms with Gasteiger partial charge in [0.1, 0.15) is 5.75 Å². The van der Waals surface area contributed by atoms with Crippen molar-refractivity contribution < 1.29 is 14.3 Å². The van der Waals surface area contributed by atoms with E-state index in [9.17, 15) is 9.59 Å². The number of nitrogens with one attached hydrogen (secondary N) is 1. The molecule has 2 aromatic rings. The van der Waals surface area contributed by atoms with E-state index in [1.807, 2.05) is 31.2 Å². The fourth-order valence-corrected chi connectivity index (χ4v) is 2.26. The molecule has 0 unspecified atom stereocenters. The zero-order chi connectivity index (χ0) is 17.4. The molecule has 5 nitrogen and oxygen atoms in total.